The van der Waals surface area contributed by atoms with E-state index in [2.05, 4.69) is 10.3 Å². The van der Waals surface area contributed by atoms with Gasteiger partial charge in [-0.1, -0.05) is 41.0 Å². The average Bonchev–Trinajstić information content (AvgIpc) is 2.77. The van der Waals surface area contributed by atoms with Gasteiger partial charge in [-0.15, -0.1) is 0 Å². The van der Waals surface area contributed by atoms with E-state index in [4.69, 9.17) is 23.2 Å². The molecular formula is C12H11Cl2N3OS. The van der Waals surface area contributed by atoms with Crippen LogP contribution in [-0.4, -0.2) is 21.2 Å². The third-order valence-electron chi connectivity index (χ3n) is 2.34. The number of aromatic nitrogens is 2. The van der Waals surface area contributed by atoms with Crippen molar-refractivity contribution in [1.82, 2.24) is 9.55 Å². The number of carbonyl (C=O) groups excluding carboxylic acids is 1. The van der Waals surface area contributed by atoms with Gasteiger partial charge in [0.2, 0.25) is 5.91 Å². The summed E-state index contributed by atoms with van der Waals surface area (Å²) in [6, 6.07) is 5.08. The molecule has 1 aromatic heterocycles. The highest BCUT2D eigenvalue weighted by Crippen LogP contribution is 2.30. The Bertz CT molecular complexity index is 580. The van der Waals surface area contributed by atoms with Gasteiger partial charge >= 0.3 is 0 Å². The van der Waals surface area contributed by atoms with Crippen LogP contribution < -0.4 is 5.32 Å². The highest BCUT2D eigenvalue weighted by atomic mass is 35.5. The number of hydrogen-bond acceptors (Lipinski definition) is 3. The van der Waals surface area contributed by atoms with Gasteiger partial charge < -0.3 is 9.88 Å². The third kappa shape index (κ3) is 3.65. The van der Waals surface area contributed by atoms with Gasteiger partial charge in [0, 0.05) is 19.4 Å². The summed E-state index contributed by atoms with van der Waals surface area (Å²) in [6.45, 7) is 0. The first-order chi connectivity index (χ1) is 9.08. The van der Waals surface area contributed by atoms with E-state index in [1.165, 1.54) is 11.8 Å². The Balaban J connectivity index is 1.97. The Morgan fingerprint density at radius 3 is 2.68 bits per heavy atom. The quantitative estimate of drug-likeness (QED) is 0.879. The number of rotatable bonds is 4. The van der Waals surface area contributed by atoms with Crippen molar-refractivity contribution in [3.8, 4) is 0 Å². The second kappa shape index (κ2) is 6.32. The molecule has 19 heavy (non-hydrogen) atoms. The maximum atomic E-state index is 11.8. The minimum absolute atomic E-state index is 0.178. The number of imidazole rings is 1. The lowest BCUT2D eigenvalue weighted by Gasteiger charge is -2.08. The molecule has 0 aliphatic rings. The summed E-state index contributed by atoms with van der Waals surface area (Å²) >= 11 is 13.3. The highest BCUT2D eigenvalue weighted by Gasteiger charge is 2.11. The van der Waals surface area contributed by atoms with Crippen molar-refractivity contribution in [3.05, 3.63) is 40.6 Å². The largest absolute Gasteiger partial charge is 0.329 e. The van der Waals surface area contributed by atoms with Crippen molar-refractivity contribution in [2.75, 3.05) is 11.1 Å². The van der Waals surface area contributed by atoms with Crippen LogP contribution in [0.4, 0.5) is 5.69 Å². The number of anilines is 1. The van der Waals surface area contributed by atoms with Crippen LogP contribution in [-0.2, 0) is 11.8 Å². The Labute approximate surface area is 125 Å². The molecule has 0 radical (unpaired) electrons. The van der Waals surface area contributed by atoms with Crippen molar-refractivity contribution in [1.29, 1.82) is 0 Å². The van der Waals surface area contributed by atoms with Gasteiger partial charge in [0.15, 0.2) is 5.16 Å². The van der Waals surface area contributed by atoms with Crippen LogP contribution in [0.15, 0.2) is 35.7 Å². The fourth-order valence-electron chi connectivity index (χ4n) is 1.41. The number of halogens is 2. The van der Waals surface area contributed by atoms with Crippen molar-refractivity contribution in [2.24, 2.45) is 7.05 Å². The second-order valence-electron chi connectivity index (χ2n) is 3.75. The van der Waals surface area contributed by atoms with E-state index in [9.17, 15) is 4.79 Å². The Morgan fingerprint density at radius 2 is 2.11 bits per heavy atom. The summed E-state index contributed by atoms with van der Waals surface area (Å²) in [5.41, 5.74) is 0.441. The zero-order valence-electron chi connectivity index (χ0n) is 10.1. The predicted octanol–water partition coefficient (Wildman–Crippen LogP) is 3.46. The molecule has 0 saturated heterocycles. The zero-order chi connectivity index (χ0) is 13.8. The van der Waals surface area contributed by atoms with E-state index in [-0.39, 0.29) is 11.7 Å². The lowest BCUT2D eigenvalue weighted by atomic mass is 10.3. The van der Waals surface area contributed by atoms with Gasteiger partial charge in [0.25, 0.3) is 0 Å². The summed E-state index contributed by atoms with van der Waals surface area (Å²) in [6.07, 6.45) is 3.51. The van der Waals surface area contributed by atoms with Gasteiger partial charge in [-0.05, 0) is 12.1 Å². The van der Waals surface area contributed by atoms with Gasteiger partial charge in [0.1, 0.15) is 0 Å². The Kier molecular flexibility index (Phi) is 4.74. The fourth-order valence-corrected chi connectivity index (χ4v) is 2.64. The van der Waals surface area contributed by atoms with Gasteiger partial charge in [-0.3, -0.25) is 4.79 Å². The van der Waals surface area contributed by atoms with E-state index in [0.29, 0.717) is 15.7 Å². The SMILES string of the molecule is Cn1ccnc1SCC(=O)Nc1c(Cl)cccc1Cl. The molecule has 2 rings (SSSR count). The molecule has 0 aliphatic carbocycles. The number of amides is 1. The maximum absolute atomic E-state index is 11.8. The minimum Gasteiger partial charge on any atom is -0.329 e. The minimum atomic E-state index is -0.178. The Hall–Kier alpha value is -1.17. The molecule has 100 valence electrons. The number of thioether (sulfide) groups is 1. The molecule has 1 heterocycles. The monoisotopic (exact) mass is 315 g/mol. The average molecular weight is 316 g/mol. The molecule has 0 aliphatic heterocycles. The lowest BCUT2D eigenvalue weighted by molar-refractivity contribution is -0.113. The number of benzene rings is 1. The fraction of sp³-hybridized carbons (Fsp3) is 0.167. The summed E-state index contributed by atoms with van der Waals surface area (Å²) in [7, 11) is 1.87. The topological polar surface area (TPSA) is 46.9 Å². The zero-order valence-corrected chi connectivity index (χ0v) is 12.4. The molecule has 0 saturated carbocycles. The van der Waals surface area contributed by atoms with E-state index < -0.39 is 0 Å². The molecule has 4 nitrogen and oxygen atoms in total. The standard InChI is InChI=1S/C12H11Cl2N3OS/c1-17-6-5-15-12(17)19-7-10(18)16-11-8(13)3-2-4-9(11)14/h2-6H,7H2,1H3,(H,16,18). The molecule has 2 aromatic rings. The van der Waals surface area contributed by atoms with E-state index in [0.717, 1.165) is 5.16 Å². The first kappa shape index (κ1) is 14.2. The molecule has 0 atom stereocenters. The summed E-state index contributed by atoms with van der Waals surface area (Å²) < 4.78 is 1.85. The van der Waals surface area contributed by atoms with Crippen LogP contribution in [0.2, 0.25) is 10.0 Å². The third-order valence-corrected chi connectivity index (χ3v) is 4.02. The molecule has 0 unspecified atom stereocenters. The van der Waals surface area contributed by atoms with Crippen LogP contribution in [0.1, 0.15) is 0 Å². The summed E-state index contributed by atoms with van der Waals surface area (Å²) in [4.78, 5) is 16.0. The molecule has 1 aromatic carbocycles. The first-order valence-corrected chi connectivity index (χ1v) is 7.16. The summed E-state index contributed by atoms with van der Waals surface area (Å²) in [5.74, 6) is 0.0647. The Morgan fingerprint density at radius 1 is 1.42 bits per heavy atom. The molecule has 0 bridgehead atoms. The normalized spacial score (nSPS) is 10.5. The predicted molar refractivity (Wildman–Crippen MR) is 79.0 cm³/mol. The number of nitrogens with one attached hydrogen (secondary N) is 1. The van der Waals surface area contributed by atoms with Crippen LogP contribution >= 0.6 is 35.0 Å². The van der Waals surface area contributed by atoms with Crippen LogP contribution in [0.25, 0.3) is 0 Å². The van der Waals surface area contributed by atoms with Crippen LogP contribution in [0.5, 0.6) is 0 Å². The lowest BCUT2D eigenvalue weighted by Crippen LogP contribution is -2.15. The number of hydrogen-bond donors (Lipinski definition) is 1. The van der Waals surface area contributed by atoms with Crippen molar-refractivity contribution >= 4 is 46.6 Å². The van der Waals surface area contributed by atoms with Crippen molar-refractivity contribution in [2.45, 2.75) is 5.16 Å². The van der Waals surface area contributed by atoms with Crippen molar-refractivity contribution in [3.63, 3.8) is 0 Å². The molecular weight excluding hydrogens is 305 g/mol. The first-order valence-electron chi connectivity index (χ1n) is 5.42. The number of para-hydroxylation sites is 1. The molecule has 0 spiro atoms. The maximum Gasteiger partial charge on any atom is 0.234 e. The molecule has 1 N–H and O–H groups in total. The van der Waals surface area contributed by atoms with Gasteiger partial charge in [-0.2, -0.15) is 0 Å². The smallest absolute Gasteiger partial charge is 0.234 e. The molecule has 0 fully saturated rings. The number of carbonyl (C=O) groups is 1. The van der Waals surface area contributed by atoms with Crippen molar-refractivity contribution < 1.29 is 4.79 Å². The van der Waals surface area contributed by atoms with Crippen LogP contribution in [0.3, 0.4) is 0 Å². The van der Waals surface area contributed by atoms with Crippen LogP contribution in [0, 0.1) is 0 Å². The highest BCUT2D eigenvalue weighted by molar-refractivity contribution is 7.99. The molecule has 1 amide bonds. The molecule has 7 heteroatoms. The second-order valence-corrected chi connectivity index (χ2v) is 5.51. The van der Waals surface area contributed by atoms with E-state index in [1.807, 2.05) is 17.8 Å². The number of aryl methyl sites for hydroxylation is 1. The van der Waals surface area contributed by atoms with E-state index >= 15 is 0 Å². The van der Waals surface area contributed by atoms with Gasteiger partial charge in [-0.25, -0.2) is 4.98 Å². The summed E-state index contributed by atoms with van der Waals surface area (Å²) in [5, 5.41) is 4.32. The number of nitrogens with zero attached hydrogens (tertiary/aromatic N) is 2. The van der Waals surface area contributed by atoms with E-state index in [1.54, 1.807) is 24.4 Å². The van der Waals surface area contributed by atoms with Gasteiger partial charge in [0.05, 0.1) is 21.5 Å².